The summed E-state index contributed by atoms with van der Waals surface area (Å²) in [5.74, 6) is 28.0. The van der Waals surface area contributed by atoms with E-state index in [0.717, 1.165) is 114 Å². The summed E-state index contributed by atoms with van der Waals surface area (Å²) in [5.41, 5.74) is 7.03. The van der Waals surface area contributed by atoms with Gasteiger partial charge in [0, 0.05) is 0 Å². The van der Waals surface area contributed by atoms with Crippen LogP contribution in [-0.4, -0.2) is 0 Å². The van der Waals surface area contributed by atoms with Gasteiger partial charge in [-0.05, 0) is 494 Å². The second-order valence-electron chi connectivity index (χ2n) is 51.8. The van der Waals surface area contributed by atoms with Gasteiger partial charge in [-0.25, -0.2) is 0 Å². The highest BCUT2D eigenvalue weighted by Gasteiger charge is 2.62. The largest absolute Gasteiger partial charge is 0.0533 e. The van der Waals surface area contributed by atoms with E-state index in [-0.39, 0.29) is 0 Å². The van der Waals surface area contributed by atoms with Crippen LogP contribution >= 0.6 is 0 Å². The molecule has 0 aromatic rings. The highest BCUT2D eigenvalue weighted by molar-refractivity contribution is 5.13. The Balaban J connectivity index is 0.0000000811. The minimum absolute atomic E-state index is 0.855. The van der Waals surface area contributed by atoms with Crippen molar-refractivity contribution in [3.05, 3.63) is 0 Å². The van der Waals surface area contributed by atoms with Gasteiger partial charge < -0.3 is 0 Å². The molecule has 0 aliphatic heterocycles. The fourth-order valence-electron chi connectivity index (χ4n) is 43.0. The van der Waals surface area contributed by atoms with Crippen molar-refractivity contribution < 1.29 is 0 Å². The van der Waals surface area contributed by atoms with E-state index in [1.807, 2.05) is 0 Å². The summed E-state index contributed by atoms with van der Waals surface area (Å²) in [6.07, 6.45) is 127. The minimum Gasteiger partial charge on any atom is -0.0533 e. The first-order valence-corrected chi connectivity index (χ1v) is 55.0. The molecule has 0 aromatic heterocycles. The van der Waals surface area contributed by atoms with E-state index < -0.39 is 0 Å². The molecule has 32 fully saturated rings. The van der Waals surface area contributed by atoms with Crippen LogP contribution in [0.25, 0.3) is 0 Å². The van der Waals surface area contributed by atoms with Crippen LogP contribution in [-0.2, 0) is 0 Å². The summed E-state index contributed by atoms with van der Waals surface area (Å²) in [5, 5.41) is 0. The van der Waals surface area contributed by atoms with Crippen molar-refractivity contribution in [2.75, 3.05) is 0 Å². The van der Waals surface area contributed by atoms with Crippen LogP contribution in [0.5, 0.6) is 0 Å². The van der Waals surface area contributed by atoms with Gasteiger partial charge in [0.25, 0.3) is 0 Å². The molecule has 0 saturated heterocycles. The zero-order chi connectivity index (χ0) is 74.4. The van der Waals surface area contributed by atoms with E-state index in [0.29, 0.717) is 0 Å². The Morgan fingerprint density at radius 3 is 0.402 bits per heavy atom. The average Bonchev–Trinajstić information content (AvgIpc) is 1.24. The molecule has 0 N–H and O–H groups in total. The van der Waals surface area contributed by atoms with Gasteiger partial charge in [0.1, 0.15) is 0 Å². The third-order valence-corrected chi connectivity index (χ3v) is 47.0. The Morgan fingerprint density at radius 1 is 0.107 bits per heavy atom. The molecule has 0 heteroatoms. The molecule has 32 saturated carbocycles. The molecule has 32 aliphatic carbocycles. The molecule has 8 spiro atoms. The summed E-state index contributed by atoms with van der Waals surface area (Å²) in [6, 6.07) is 0. The van der Waals surface area contributed by atoms with Crippen molar-refractivity contribution in [3.63, 3.8) is 0 Å². The third-order valence-electron chi connectivity index (χ3n) is 47.0. The monoisotopic (exact) mass is 1530 g/mol. The first-order valence-electron chi connectivity index (χ1n) is 55.0. The fraction of sp³-hybridized carbons (Fsp3) is 1.00. The van der Waals surface area contributed by atoms with Crippen molar-refractivity contribution >= 4 is 0 Å². The van der Waals surface area contributed by atoms with E-state index in [1.54, 1.807) is 437 Å². The van der Waals surface area contributed by atoms with Gasteiger partial charge in [0.2, 0.25) is 0 Å². The number of hydrogen-bond donors (Lipinski definition) is 0. The zero-order valence-electron chi connectivity index (χ0n) is 74.4. The Bertz CT molecular complexity index is 2860. The predicted octanol–water partition coefficient (Wildman–Crippen LogP) is 34.2. The maximum absolute atomic E-state index is 1.63. The number of hydrogen-bond acceptors (Lipinski definition) is 0. The zero-order valence-corrected chi connectivity index (χ0v) is 74.4. The van der Waals surface area contributed by atoms with Crippen molar-refractivity contribution in [1.29, 1.82) is 0 Å². The molecule has 0 radical (unpaired) electrons. The second kappa shape index (κ2) is 33.6. The van der Waals surface area contributed by atoms with Gasteiger partial charge in [0.05, 0.1) is 0 Å². The molecule has 0 amide bonds. The number of rotatable bonds is 0. The maximum Gasteiger partial charge on any atom is -0.0240 e. The summed E-state index contributed by atoms with van der Waals surface area (Å²) >= 11 is 0. The van der Waals surface area contributed by atoms with Crippen molar-refractivity contribution in [1.82, 2.24) is 0 Å². The van der Waals surface area contributed by atoms with E-state index in [2.05, 4.69) is 0 Å². The Morgan fingerprint density at radius 2 is 0.241 bits per heavy atom. The van der Waals surface area contributed by atoms with E-state index in [4.69, 9.17) is 0 Å². The van der Waals surface area contributed by atoms with Crippen molar-refractivity contribution in [2.45, 2.75) is 514 Å². The molecule has 0 heterocycles. The Kier molecular flexibility index (Phi) is 23.7. The molecule has 632 valence electrons. The van der Waals surface area contributed by atoms with Gasteiger partial charge in [0.15, 0.2) is 0 Å². The van der Waals surface area contributed by atoms with Crippen LogP contribution in [0.15, 0.2) is 0 Å². The van der Waals surface area contributed by atoms with Crippen LogP contribution in [0.4, 0.5) is 0 Å². The molecule has 8 atom stereocenters. The molecular weight excluding hydrogens is 1350 g/mol. The molecule has 24 bridgehead atoms. The van der Waals surface area contributed by atoms with Crippen LogP contribution in [0.3, 0.4) is 0 Å². The van der Waals surface area contributed by atoms with Crippen molar-refractivity contribution in [3.8, 4) is 0 Å². The Hall–Kier alpha value is 0. The maximum atomic E-state index is 1.63. The van der Waals surface area contributed by atoms with Crippen LogP contribution in [0.2, 0.25) is 0 Å². The third kappa shape index (κ3) is 15.3. The van der Waals surface area contributed by atoms with E-state index in [9.17, 15) is 0 Å². The van der Waals surface area contributed by atoms with Gasteiger partial charge in [-0.15, -0.1) is 0 Å². The fourth-order valence-corrected chi connectivity index (χ4v) is 43.0. The van der Waals surface area contributed by atoms with Crippen molar-refractivity contribution in [2.24, 2.45) is 185 Å². The second-order valence-corrected chi connectivity index (χ2v) is 51.8. The quantitative estimate of drug-likeness (QED) is 0.227. The lowest BCUT2D eigenvalue weighted by Crippen LogP contribution is -2.53. The first kappa shape index (κ1) is 79.2. The molecular formula is C112H184. The standard InChI is InChI=1S/C17H28.C16H26.C15H24.C14H22.C14H24.C13H22.C12H20.C11H18/c1-2-4-6-17(7-5-3-1)15-9-13-8-14(11-15)12-16(17)10-13;1-2-4-6-16(5-3-1)14-8-12-7-13(10-14)11-15(16)9-12;1-2-4-15(5-3-1)13-7-11-6-12(9-13)10-14(15)8-11;1-2-4-14(3-1)12-6-10-5-11(8-12)9-13(14)7-10;1-2-4-8-14(9-5-3-1)11-12-6-7-13(14)10-12;1-2-4-8-13(7-3-1)10-11-5-6-12(13)9-11;1-2-6-12(7-3-1)9-10-4-5-11(12)8-10;1-2-6-11(5-1)8-9-3-4-10(11)7-9/h13-16H,1-12H2;12-15H,1-11H2;11-14H,1-10H2;10-13H,1-9H2;12-13H,1-11H2;11-12H,1-10H2;10-11H,1-9H2;9-10H,1-8H2. The molecule has 112 heavy (non-hydrogen) atoms. The predicted molar refractivity (Wildman–Crippen MR) is 473 cm³/mol. The van der Waals surface area contributed by atoms with Crippen LogP contribution in [0.1, 0.15) is 514 Å². The lowest BCUT2D eigenvalue weighted by atomic mass is 9.42. The first-order chi connectivity index (χ1) is 55.0. The topological polar surface area (TPSA) is 0 Å². The van der Waals surface area contributed by atoms with Gasteiger partial charge in [-0.2, -0.15) is 0 Å². The van der Waals surface area contributed by atoms with Crippen LogP contribution in [0, 0.1) is 185 Å². The minimum atomic E-state index is 0.855. The van der Waals surface area contributed by atoms with Gasteiger partial charge in [-0.1, -0.05) is 205 Å². The number of fused-ring (bicyclic) bond motifs is 12. The van der Waals surface area contributed by atoms with Crippen LogP contribution < -0.4 is 0 Å². The van der Waals surface area contributed by atoms with E-state index >= 15 is 0 Å². The molecule has 32 rings (SSSR count). The smallest absolute Gasteiger partial charge is 0.0240 e. The van der Waals surface area contributed by atoms with E-state index in [1.165, 1.54) is 148 Å². The lowest BCUT2D eigenvalue weighted by Gasteiger charge is -2.63. The van der Waals surface area contributed by atoms with Gasteiger partial charge >= 0.3 is 0 Å². The molecule has 32 aliphatic rings. The Labute approximate surface area is 694 Å². The molecule has 0 nitrogen and oxygen atoms in total. The normalized spacial score (nSPS) is 47.1. The summed E-state index contributed by atoms with van der Waals surface area (Å²) in [4.78, 5) is 0. The lowest BCUT2D eigenvalue weighted by molar-refractivity contribution is -0.126. The molecule has 0 aromatic carbocycles. The summed E-state index contributed by atoms with van der Waals surface area (Å²) in [6.45, 7) is 0. The van der Waals surface area contributed by atoms with Gasteiger partial charge in [-0.3, -0.25) is 0 Å². The molecule has 8 unspecified atom stereocenters. The average molecular weight is 1530 g/mol. The highest BCUT2D eigenvalue weighted by Crippen LogP contribution is 2.73. The highest BCUT2D eigenvalue weighted by atomic mass is 14.7. The summed E-state index contributed by atoms with van der Waals surface area (Å²) < 4.78 is 0. The SMILES string of the molecule is C1CCC2(C1)C1CC3CC(C1)CC2C3.C1CCC2(C1)CC1CCC2C1.C1CCC2(CC1)C1CC3CC(C1)CC2C3.C1CCC2(CC1)CC1CCC2C1.C1CCCC2(CC1)C1CC3CC(C1)CC2C3.C1CCCC2(CC1)CC1CCC2C1.C1CCCC2(CCC1)C1CC3CC(C1)CC2C3.C1CCCC2(CCC1)CC1CCC2C1. The summed E-state index contributed by atoms with van der Waals surface area (Å²) in [7, 11) is 0.